The van der Waals surface area contributed by atoms with Crippen molar-refractivity contribution in [3.63, 3.8) is 0 Å². The quantitative estimate of drug-likeness (QED) is 0.366. The molecular weight excluding hydrogens is 612 g/mol. The van der Waals surface area contributed by atoms with Crippen molar-refractivity contribution in [2.45, 2.75) is 78.7 Å². The second kappa shape index (κ2) is 12.3. The van der Waals surface area contributed by atoms with Crippen molar-refractivity contribution >= 4 is 27.9 Å². The van der Waals surface area contributed by atoms with Crippen LogP contribution in [0.5, 0.6) is 5.75 Å². The number of ether oxygens (including phenoxy) is 2. The van der Waals surface area contributed by atoms with Gasteiger partial charge in [0.1, 0.15) is 11.4 Å². The van der Waals surface area contributed by atoms with E-state index in [-0.39, 0.29) is 24.1 Å². The van der Waals surface area contributed by atoms with E-state index in [4.69, 9.17) is 9.47 Å². The van der Waals surface area contributed by atoms with Gasteiger partial charge in [0.2, 0.25) is 0 Å². The van der Waals surface area contributed by atoms with E-state index in [9.17, 15) is 9.59 Å². The minimum atomic E-state index is -0.530. The molecule has 1 fully saturated rings. The van der Waals surface area contributed by atoms with Crippen LogP contribution in [0.15, 0.2) is 41.0 Å². The minimum Gasteiger partial charge on any atom is -0.496 e. The van der Waals surface area contributed by atoms with Gasteiger partial charge in [-0.15, -0.1) is 5.10 Å². The van der Waals surface area contributed by atoms with E-state index in [1.807, 2.05) is 69.1 Å². The summed E-state index contributed by atoms with van der Waals surface area (Å²) in [7, 11) is 1.66. The van der Waals surface area contributed by atoms with Crippen LogP contribution in [0.3, 0.4) is 0 Å². The fraction of sp³-hybridized carbons (Fsp3) is 0.500. The zero-order chi connectivity index (χ0) is 31.1. The smallest absolute Gasteiger partial charge is 0.410 e. The Morgan fingerprint density at radius 2 is 1.77 bits per heavy atom. The van der Waals surface area contributed by atoms with Gasteiger partial charge in [-0.2, -0.15) is 0 Å². The zero-order valence-electron chi connectivity index (χ0n) is 26.1. The lowest BCUT2D eigenvalue weighted by Crippen LogP contribution is -2.58. The number of fused-ring (bicyclic) bond motifs is 1. The maximum absolute atomic E-state index is 13.9. The monoisotopic (exact) mass is 652 g/mol. The predicted molar refractivity (Wildman–Crippen MR) is 168 cm³/mol. The zero-order valence-corrected chi connectivity index (χ0v) is 27.6. The van der Waals surface area contributed by atoms with Crippen LogP contribution in [0.2, 0.25) is 0 Å². The van der Waals surface area contributed by atoms with E-state index in [1.165, 1.54) is 5.56 Å². The van der Waals surface area contributed by atoms with E-state index >= 15 is 0 Å². The Balaban J connectivity index is 1.33. The highest BCUT2D eigenvalue weighted by Gasteiger charge is 2.34. The van der Waals surface area contributed by atoms with Gasteiger partial charge in [-0.3, -0.25) is 9.69 Å². The van der Waals surface area contributed by atoms with Gasteiger partial charge in [0.25, 0.3) is 5.91 Å². The third kappa shape index (κ3) is 6.72. The molecular formula is C32H41BrN6O4. The minimum absolute atomic E-state index is 0.0553. The number of carbonyl (C=O) groups excluding carboxylic acids is 2. The molecule has 2 aromatic carbocycles. The number of nitrogens with zero attached hydrogens (tertiary/aromatic N) is 6. The summed E-state index contributed by atoms with van der Waals surface area (Å²) in [6, 6.07) is 9.96. The van der Waals surface area contributed by atoms with Gasteiger partial charge in [-0.05, 0) is 83.4 Å². The number of hydrogen-bond donors (Lipinski definition) is 0. The van der Waals surface area contributed by atoms with Crippen LogP contribution in [0.4, 0.5) is 4.79 Å². The van der Waals surface area contributed by atoms with Gasteiger partial charge in [0.05, 0.1) is 30.3 Å². The summed E-state index contributed by atoms with van der Waals surface area (Å²) in [5, 5.41) is 8.93. The van der Waals surface area contributed by atoms with Gasteiger partial charge in [-0.25, -0.2) is 9.48 Å². The Morgan fingerprint density at radius 3 is 2.44 bits per heavy atom. The molecule has 43 heavy (non-hydrogen) atoms. The molecule has 5 rings (SSSR count). The van der Waals surface area contributed by atoms with Crippen molar-refractivity contribution in [2.75, 3.05) is 26.7 Å². The fourth-order valence-corrected chi connectivity index (χ4v) is 6.54. The fourth-order valence-electron chi connectivity index (χ4n) is 5.97. The van der Waals surface area contributed by atoms with Gasteiger partial charge in [0.15, 0.2) is 0 Å². The number of carbonyl (C=O) groups is 2. The molecule has 0 N–H and O–H groups in total. The van der Waals surface area contributed by atoms with Crippen LogP contribution in [0.1, 0.15) is 67.4 Å². The Kier molecular flexibility index (Phi) is 8.85. The molecule has 0 saturated carbocycles. The first kappa shape index (κ1) is 31.0. The summed E-state index contributed by atoms with van der Waals surface area (Å²) in [4.78, 5) is 32.6. The summed E-state index contributed by atoms with van der Waals surface area (Å²) < 4.78 is 14.0. The number of methoxy groups -OCH3 is 1. The first-order valence-electron chi connectivity index (χ1n) is 14.7. The average molecular weight is 654 g/mol. The number of aromatic nitrogens is 3. The first-order chi connectivity index (χ1) is 20.3. The van der Waals surface area contributed by atoms with Crippen LogP contribution in [-0.2, 0) is 24.2 Å². The lowest BCUT2D eigenvalue weighted by atomic mass is 9.97. The second-order valence-electron chi connectivity index (χ2n) is 12.6. The highest BCUT2D eigenvalue weighted by Crippen LogP contribution is 2.34. The molecule has 0 bridgehead atoms. The summed E-state index contributed by atoms with van der Waals surface area (Å²) in [5.74, 6) is 0.733. The number of rotatable bonds is 5. The van der Waals surface area contributed by atoms with Crippen molar-refractivity contribution < 1.29 is 19.1 Å². The number of benzene rings is 2. The Labute approximate surface area is 262 Å². The average Bonchev–Trinajstić information content (AvgIpc) is 3.42. The molecule has 0 unspecified atom stereocenters. The largest absolute Gasteiger partial charge is 0.496 e. The molecule has 1 aromatic heterocycles. The summed E-state index contributed by atoms with van der Waals surface area (Å²) in [5.41, 5.74) is 4.79. The number of hydrogen-bond acceptors (Lipinski definition) is 7. The third-order valence-corrected chi connectivity index (χ3v) is 8.83. The van der Waals surface area contributed by atoms with E-state index in [2.05, 4.69) is 45.0 Å². The van der Waals surface area contributed by atoms with Crippen LogP contribution in [0.25, 0.3) is 5.69 Å². The van der Waals surface area contributed by atoms with E-state index in [0.29, 0.717) is 44.0 Å². The van der Waals surface area contributed by atoms with Gasteiger partial charge in [0, 0.05) is 54.8 Å². The topological polar surface area (TPSA) is 93.0 Å². The van der Waals surface area contributed by atoms with Crippen molar-refractivity contribution in [2.24, 2.45) is 0 Å². The van der Waals surface area contributed by atoms with Crippen LogP contribution < -0.4 is 4.74 Å². The Hall–Kier alpha value is -3.44. The van der Waals surface area contributed by atoms with Gasteiger partial charge >= 0.3 is 6.09 Å². The molecule has 2 atom stereocenters. The molecule has 2 aliphatic heterocycles. The molecule has 0 spiro atoms. The molecule has 0 radical (unpaired) electrons. The molecule has 0 aliphatic carbocycles. The van der Waals surface area contributed by atoms with Crippen LogP contribution in [-0.4, -0.2) is 86.1 Å². The number of amides is 2. The van der Waals surface area contributed by atoms with E-state index in [0.717, 1.165) is 33.5 Å². The number of aryl methyl sites for hydroxylation is 1. The molecule has 11 heteroatoms. The summed E-state index contributed by atoms with van der Waals surface area (Å²) in [6.45, 7) is 14.7. The van der Waals surface area contributed by atoms with Gasteiger partial charge < -0.3 is 19.3 Å². The lowest BCUT2D eigenvalue weighted by molar-refractivity contribution is -0.00997. The number of piperazine rings is 1. The molecule has 3 heterocycles. The highest BCUT2D eigenvalue weighted by molar-refractivity contribution is 9.10. The maximum atomic E-state index is 13.9. The normalized spacial score (nSPS) is 19.3. The second-order valence-corrected chi connectivity index (χ2v) is 13.5. The van der Waals surface area contributed by atoms with Crippen molar-refractivity contribution in [1.82, 2.24) is 29.7 Å². The molecule has 2 aliphatic rings. The van der Waals surface area contributed by atoms with Crippen molar-refractivity contribution in [3.05, 3.63) is 68.9 Å². The van der Waals surface area contributed by atoms with Gasteiger partial charge in [-0.1, -0.05) is 27.2 Å². The molecule has 230 valence electrons. The van der Waals surface area contributed by atoms with E-state index in [1.54, 1.807) is 16.7 Å². The lowest BCUT2D eigenvalue weighted by Gasteiger charge is -2.44. The summed E-state index contributed by atoms with van der Waals surface area (Å²) >= 11 is 3.66. The van der Waals surface area contributed by atoms with Crippen LogP contribution >= 0.6 is 15.9 Å². The maximum Gasteiger partial charge on any atom is 0.410 e. The predicted octanol–water partition coefficient (Wildman–Crippen LogP) is 5.38. The molecule has 1 saturated heterocycles. The van der Waals surface area contributed by atoms with E-state index < -0.39 is 5.60 Å². The Morgan fingerprint density at radius 1 is 1.05 bits per heavy atom. The molecule has 2 amide bonds. The highest BCUT2D eigenvalue weighted by atomic mass is 79.9. The van der Waals surface area contributed by atoms with Crippen molar-refractivity contribution in [1.29, 1.82) is 0 Å². The molecule has 3 aromatic rings. The standard InChI is InChI=1S/C32H41BrN6O4/c1-20-8-9-25(30(40)36-13-12-24-26(19-36)29(42-7)11-10-27(24)33)28(14-20)39-18-23(34-35-39)17-38-21(2)15-37(16-22(38)3)31(41)43-32(4,5)6/h8-11,14,18,21-22H,12-13,15-17,19H2,1-7H3/t21-,22+. The Bertz CT molecular complexity index is 1500. The SMILES string of the molecule is COc1ccc(Br)c2c1CN(C(=O)c1ccc(C)cc1-n1cc(CN3[C@H](C)CN(C(=O)OC(C)(C)C)C[C@@H]3C)nn1)CC2. The number of halogens is 1. The third-order valence-electron chi connectivity index (χ3n) is 8.09. The summed E-state index contributed by atoms with van der Waals surface area (Å²) in [6.07, 6.45) is 2.36. The molecule has 10 nitrogen and oxygen atoms in total. The first-order valence-corrected chi connectivity index (χ1v) is 15.5. The van der Waals surface area contributed by atoms with Crippen LogP contribution in [0, 0.1) is 6.92 Å². The van der Waals surface area contributed by atoms with Crippen molar-refractivity contribution in [3.8, 4) is 11.4 Å².